The van der Waals surface area contributed by atoms with Gasteiger partial charge in [-0.2, -0.15) is 0 Å². The summed E-state index contributed by atoms with van der Waals surface area (Å²) in [7, 11) is 0. The monoisotopic (exact) mass is 194 g/mol. The first kappa shape index (κ1) is 13.5. The van der Waals surface area contributed by atoms with Crippen LogP contribution in [0.15, 0.2) is 24.3 Å². The zero-order chi connectivity index (χ0) is 11.0. The Balaban J connectivity index is 3.65. The van der Waals surface area contributed by atoms with Crippen LogP contribution in [0.4, 0.5) is 0 Å². The van der Waals surface area contributed by atoms with Crippen molar-refractivity contribution in [3.05, 3.63) is 24.3 Å². The van der Waals surface area contributed by atoms with Crippen LogP contribution in [0.1, 0.15) is 53.4 Å². The molecule has 0 aromatic rings. The van der Waals surface area contributed by atoms with Crippen LogP contribution in [0, 0.1) is 11.8 Å². The number of hydrogen-bond acceptors (Lipinski definition) is 0. The van der Waals surface area contributed by atoms with E-state index in [1.54, 1.807) is 0 Å². The normalized spacial score (nSPS) is 16.4. The number of hydrogen-bond donors (Lipinski definition) is 0. The average molecular weight is 194 g/mol. The molecule has 82 valence electrons. The Kier molecular flexibility index (Phi) is 7.55. The van der Waals surface area contributed by atoms with Gasteiger partial charge in [-0.05, 0) is 25.2 Å². The van der Waals surface area contributed by atoms with Gasteiger partial charge in [0.05, 0.1) is 0 Å². The van der Waals surface area contributed by atoms with Gasteiger partial charge in [0, 0.05) is 0 Å². The molecule has 0 bridgehead atoms. The van der Waals surface area contributed by atoms with Crippen molar-refractivity contribution in [3.8, 4) is 0 Å². The summed E-state index contributed by atoms with van der Waals surface area (Å²) in [5.41, 5.74) is 1.31. The van der Waals surface area contributed by atoms with Crippen molar-refractivity contribution in [2.75, 3.05) is 0 Å². The van der Waals surface area contributed by atoms with E-state index in [-0.39, 0.29) is 0 Å². The highest BCUT2D eigenvalue weighted by Gasteiger charge is 2.03. The number of rotatable bonds is 7. The molecular formula is C14H26. The van der Waals surface area contributed by atoms with Gasteiger partial charge in [-0.25, -0.2) is 0 Å². The molecule has 0 nitrogen and oxygen atoms in total. The van der Waals surface area contributed by atoms with Gasteiger partial charge in [0.15, 0.2) is 0 Å². The summed E-state index contributed by atoms with van der Waals surface area (Å²) in [4.78, 5) is 0. The van der Waals surface area contributed by atoms with Crippen molar-refractivity contribution in [2.24, 2.45) is 11.8 Å². The Morgan fingerprint density at radius 3 is 2.29 bits per heavy atom. The van der Waals surface area contributed by atoms with Crippen molar-refractivity contribution in [2.45, 2.75) is 53.4 Å². The molecule has 0 amide bonds. The van der Waals surface area contributed by atoms with E-state index in [0.717, 1.165) is 11.8 Å². The minimum atomic E-state index is 0.818. The molecule has 0 radical (unpaired) electrons. The minimum absolute atomic E-state index is 0.818. The van der Waals surface area contributed by atoms with Gasteiger partial charge in [-0.15, -0.1) is 0 Å². The Hall–Kier alpha value is -0.520. The fourth-order valence-electron chi connectivity index (χ4n) is 1.36. The molecular weight excluding hydrogens is 168 g/mol. The van der Waals surface area contributed by atoms with Gasteiger partial charge in [-0.1, -0.05) is 64.3 Å². The van der Waals surface area contributed by atoms with Gasteiger partial charge < -0.3 is 0 Å². The maximum absolute atomic E-state index is 3.76. The molecule has 0 aliphatic heterocycles. The summed E-state index contributed by atoms with van der Waals surface area (Å²) >= 11 is 0. The van der Waals surface area contributed by atoms with E-state index in [4.69, 9.17) is 0 Å². The van der Waals surface area contributed by atoms with E-state index >= 15 is 0 Å². The van der Waals surface area contributed by atoms with Gasteiger partial charge >= 0.3 is 0 Å². The molecule has 0 N–H and O–H groups in total. The highest BCUT2D eigenvalue weighted by atomic mass is 14.1. The average Bonchev–Trinajstić information content (AvgIpc) is 2.22. The Labute approximate surface area is 90.1 Å². The van der Waals surface area contributed by atoms with Gasteiger partial charge in [0.25, 0.3) is 0 Å². The largest absolute Gasteiger partial charge is 0.0988 e. The third-order valence-corrected chi connectivity index (χ3v) is 3.01. The molecule has 2 unspecified atom stereocenters. The van der Waals surface area contributed by atoms with E-state index < -0.39 is 0 Å². The molecule has 0 heteroatoms. The number of allylic oxidation sites excluding steroid dienone is 3. The second-order valence-electron chi connectivity index (χ2n) is 4.58. The second-order valence-corrected chi connectivity index (χ2v) is 4.58. The molecule has 14 heavy (non-hydrogen) atoms. The molecule has 0 aromatic carbocycles. The SMILES string of the molecule is C=CC(C)=CCC(C)CCC(C)CC. The third kappa shape index (κ3) is 6.94. The van der Waals surface area contributed by atoms with Crippen LogP contribution < -0.4 is 0 Å². The summed E-state index contributed by atoms with van der Waals surface area (Å²) in [6, 6.07) is 0. The predicted octanol–water partition coefficient (Wildman–Crippen LogP) is 4.97. The third-order valence-electron chi connectivity index (χ3n) is 3.01. The van der Waals surface area contributed by atoms with Crippen molar-refractivity contribution in [3.63, 3.8) is 0 Å². The molecule has 0 aromatic heterocycles. The lowest BCUT2D eigenvalue weighted by atomic mass is 9.94. The maximum atomic E-state index is 3.76. The van der Waals surface area contributed by atoms with Gasteiger partial charge in [0.2, 0.25) is 0 Å². The molecule has 0 aliphatic carbocycles. The Morgan fingerprint density at radius 1 is 1.21 bits per heavy atom. The van der Waals surface area contributed by atoms with E-state index in [1.165, 1.54) is 31.3 Å². The lowest BCUT2D eigenvalue weighted by Crippen LogP contribution is -1.98. The summed E-state index contributed by atoms with van der Waals surface area (Å²) in [5.74, 6) is 1.71. The zero-order valence-corrected chi connectivity index (χ0v) is 10.3. The predicted molar refractivity (Wildman–Crippen MR) is 66.4 cm³/mol. The standard InChI is InChI=1S/C14H26/c1-6-12(3)8-10-14(5)11-9-13(4)7-2/h6,8,13-14H,1,7,9-11H2,2-5H3. The van der Waals surface area contributed by atoms with Crippen molar-refractivity contribution < 1.29 is 0 Å². The van der Waals surface area contributed by atoms with E-state index in [9.17, 15) is 0 Å². The molecule has 0 aliphatic rings. The molecule has 0 rings (SSSR count). The van der Waals surface area contributed by atoms with Crippen molar-refractivity contribution in [1.82, 2.24) is 0 Å². The highest BCUT2D eigenvalue weighted by molar-refractivity contribution is 5.12. The lowest BCUT2D eigenvalue weighted by molar-refractivity contribution is 0.424. The van der Waals surface area contributed by atoms with Crippen molar-refractivity contribution in [1.29, 1.82) is 0 Å². The van der Waals surface area contributed by atoms with Crippen LogP contribution >= 0.6 is 0 Å². The van der Waals surface area contributed by atoms with Crippen LogP contribution in [0.5, 0.6) is 0 Å². The first-order valence-corrected chi connectivity index (χ1v) is 5.89. The van der Waals surface area contributed by atoms with Crippen LogP contribution in [-0.4, -0.2) is 0 Å². The molecule has 0 fully saturated rings. The van der Waals surface area contributed by atoms with Crippen LogP contribution in [-0.2, 0) is 0 Å². The minimum Gasteiger partial charge on any atom is -0.0988 e. The highest BCUT2D eigenvalue weighted by Crippen LogP contribution is 2.18. The first-order valence-electron chi connectivity index (χ1n) is 5.89. The van der Waals surface area contributed by atoms with Gasteiger partial charge in [0.1, 0.15) is 0 Å². The second kappa shape index (κ2) is 7.84. The van der Waals surface area contributed by atoms with Crippen LogP contribution in [0.2, 0.25) is 0 Å². The molecule has 2 atom stereocenters. The maximum Gasteiger partial charge on any atom is -0.0319 e. The zero-order valence-electron chi connectivity index (χ0n) is 10.3. The van der Waals surface area contributed by atoms with Gasteiger partial charge in [-0.3, -0.25) is 0 Å². The molecule has 0 heterocycles. The Morgan fingerprint density at radius 2 is 1.79 bits per heavy atom. The van der Waals surface area contributed by atoms with E-state index in [2.05, 4.69) is 40.3 Å². The first-order chi connectivity index (χ1) is 6.60. The van der Waals surface area contributed by atoms with Crippen LogP contribution in [0.25, 0.3) is 0 Å². The van der Waals surface area contributed by atoms with E-state index in [1.807, 2.05) is 6.08 Å². The van der Waals surface area contributed by atoms with E-state index in [0.29, 0.717) is 0 Å². The summed E-state index contributed by atoms with van der Waals surface area (Å²) in [5, 5.41) is 0. The summed E-state index contributed by atoms with van der Waals surface area (Å²) in [6.45, 7) is 12.8. The summed E-state index contributed by atoms with van der Waals surface area (Å²) < 4.78 is 0. The fraction of sp³-hybridized carbons (Fsp3) is 0.714. The summed E-state index contributed by atoms with van der Waals surface area (Å²) in [6.07, 6.45) is 9.48. The molecule has 0 saturated carbocycles. The smallest absolute Gasteiger partial charge is 0.0319 e. The lowest BCUT2D eigenvalue weighted by Gasteiger charge is -2.12. The van der Waals surface area contributed by atoms with Crippen LogP contribution in [0.3, 0.4) is 0 Å². The van der Waals surface area contributed by atoms with Crippen molar-refractivity contribution >= 4 is 0 Å². The quantitative estimate of drug-likeness (QED) is 0.502. The Bertz CT molecular complexity index is 176. The topological polar surface area (TPSA) is 0 Å². The molecule has 0 spiro atoms. The fourth-order valence-corrected chi connectivity index (χ4v) is 1.36. The molecule has 0 saturated heterocycles.